The number of rotatable bonds is 5. The summed E-state index contributed by atoms with van der Waals surface area (Å²) in [5, 5.41) is 11.4. The average Bonchev–Trinajstić information content (AvgIpc) is 3.10. The van der Waals surface area contributed by atoms with Crippen LogP contribution in [0, 0.1) is 11.8 Å². The second-order valence-electron chi connectivity index (χ2n) is 6.99. The van der Waals surface area contributed by atoms with Crippen LogP contribution in [0.3, 0.4) is 0 Å². The number of nitrogens with zero attached hydrogens (tertiary/aromatic N) is 1. The van der Waals surface area contributed by atoms with Crippen molar-refractivity contribution in [2.45, 2.75) is 38.3 Å². The lowest BCUT2D eigenvalue weighted by Crippen LogP contribution is -2.98. The van der Waals surface area contributed by atoms with E-state index in [0.717, 1.165) is 5.56 Å². The molecule has 0 bridgehead atoms. The van der Waals surface area contributed by atoms with E-state index >= 15 is 0 Å². The molecular formula is C19H25N2O5+. The molecule has 140 valence electrons. The minimum atomic E-state index is -1.10. The van der Waals surface area contributed by atoms with Crippen LogP contribution in [-0.2, 0) is 19.1 Å². The van der Waals surface area contributed by atoms with E-state index in [1.165, 1.54) is 12.0 Å². The first-order valence-corrected chi connectivity index (χ1v) is 8.99. The SMILES string of the molecule is CCC[C@]1(C(=O)OC)[NH2+][C@@H](c2ccc(O)cc2)[C@H]2C(=O)N(CC)C(=O)[C@@H]21. The minimum absolute atomic E-state index is 0.125. The molecule has 2 saturated heterocycles. The van der Waals surface area contributed by atoms with Crippen molar-refractivity contribution in [3.05, 3.63) is 29.8 Å². The van der Waals surface area contributed by atoms with Crippen molar-refractivity contribution in [2.75, 3.05) is 13.7 Å². The Morgan fingerprint density at radius 1 is 1.23 bits per heavy atom. The molecule has 1 aromatic rings. The molecular weight excluding hydrogens is 336 g/mol. The lowest BCUT2D eigenvalue weighted by atomic mass is 9.77. The van der Waals surface area contributed by atoms with Crippen LogP contribution in [-0.4, -0.2) is 47.0 Å². The molecule has 3 rings (SSSR count). The lowest BCUT2D eigenvalue weighted by Gasteiger charge is -2.28. The number of carbonyl (C=O) groups excluding carboxylic acids is 3. The van der Waals surface area contributed by atoms with Crippen molar-refractivity contribution in [1.29, 1.82) is 0 Å². The molecule has 3 N–H and O–H groups in total. The molecule has 2 fully saturated rings. The van der Waals surface area contributed by atoms with Crippen LogP contribution < -0.4 is 5.32 Å². The molecule has 2 aliphatic rings. The lowest BCUT2D eigenvalue weighted by molar-refractivity contribution is -0.735. The maximum atomic E-state index is 13.0. The van der Waals surface area contributed by atoms with Gasteiger partial charge in [0.25, 0.3) is 0 Å². The monoisotopic (exact) mass is 361 g/mol. The average molecular weight is 361 g/mol. The van der Waals surface area contributed by atoms with E-state index in [-0.39, 0.29) is 30.2 Å². The Labute approximate surface area is 152 Å². The Bertz CT molecular complexity index is 732. The Kier molecular flexibility index (Phi) is 4.75. The highest BCUT2D eigenvalue weighted by Gasteiger charge is 2.71. The summed E-state index contributed by atoms with van der Waals surface area (Å²) >= 11 is 0. The molecule has 1 aromatic carbocycles. The second-order valence-corrected chi connectivity index (χ2v) is 6.99. The molecule has 2 aliphatic heterocycles. The summed E-state index contributed by atoms with van der Waals surface area (Å²) in [4.78, 5) is 40.0. The number of methoxy groups -OCH3 is 1. The van der Waals surface area contributed by atoms with E-state index < -0.39 is 23.3 Å². The maximum Gasteiger partial charge on any atom is 0.368 e. The number of likely N-dealkylation sites (tertiary alicyclic amines) is 1. The normalized spacial score (nSPS) is 30.6. The number of esters is 1. The topological polar surface area (TPSA) is 101 Å². The van der Waals surface area contributed by atoms with Gasteiger partial charge in [-0.15, -0.1) is 0 Å². The predicted octanol–water partition coefficient (Wildman–Crippen LogP) is 0.343. The highest BCUT2D eigenvalue weighted by molar-refractivity contribution is 6.08. The molecule has 4 atom stereocenters. The van der Waals surface area contributed by atoms with Gasteiger partial charge >= 0.3 is 5.97 Å². The van der Waals surface area contributed by atoms with Crippen LogP contribution in [0.2, 0.25) is 0 Å². The van der Waals surface area contributed by atoms with Gasteiger partial charge in [-0.05, 0) is 37.6 Å². The van der Waals surface area contributed by atoms with Gasteiger partial charge in [0.2, 0.25) is 17.4 Å². The van der Waals surface area contributed by atoms with Crippen molar-refractivity contribution in [3.63, 3.8) is 0 Å². The number of nitrogens with two attached hydrogens (primary N) is 1. The highest BCUT2D eigenvalue weighted by Crippen LogP contribution is 2.46. The Hall–Kier alpha value is -2.41. The number of aromatic hydroxyl groups is 1. The molecule has 7 heteroatoms. The number of hydrogen-bond acceptors (Lipinski definition) is 5. The molecule has 0 unspecified atom stereocenters. The summed E-state index contributed by atoms with van der Waals surface area (Å²) in [6.45, 7) is 3.99. The number of carbonyl (C=O) groups is 3. The fourth-order valence-electron chi connectivity index (χ4n) is 4.63. The van der Waals surface area contributed by atoms with Gasteiger partial charge in [-0.3, -0.25) is 14.5 Å². The van der Waals surface area contributed by atoms with E-state index in [1.807, 2.05) is 12.2 Å². The molecule has 0 aromatic heterocycles. The molecule has 0 saturated carbocycles. The van der Waals surface area contributed by atoms with Crippen molar-refractivity contribution in [3.8, 4) is 5.75 Å². The van der Waals surface area contributed by atoms with Gasteiger partial charge in [0.15, 0.2) is 0 Å². The van der Waals surface area contributed by atoms with Gasteiger partial charge in [-0.1, -0.05) is 6.92 Å². The van der Waals surface area contributed by atoms with E-state index in [0.29, 0.717) is 12.8 Å². The first-order chi connectivity index (χ1) is 12.4. The van der Waals surface area contributed by atoms with Gasteiger partial charge in [-0.25, -0.2) is 4.79 Å². The quantitative estimate of drug-likeness (QED) is 0.582. The van der Waals surface area contributed by atoms with Gasteiger partial charge in [0.05, 0.1) is 7.11 Å². The third kappa shape index (κ3) is 2.49. The predicted molar refractivity (Wildman–Crippen MR) is 91.8 cm³/mol. The number of fused-ring (bicyclic) bond motifs is 1. The number of benzene rings is 1. The Balaban J connectivity index is 2.13. The van der Waals surface area contributed by atoms with Crippen molar-refractivity contribution < 1.29 is 29.5 Å². The van der Waals surface area contributed by atoms with E-state index in [4.69, 9.17) is 4.74 Å². The van der Waals surface area contributed by atoms with Crippen LogP contribution in [0.4, 0.5) is 0 Å². The third-order valence-corrected chi connectivity index (χ3v) is 5.68. The molecule has 0 aliphatic carbocycles. The van der Waals surface area contributed by atoms with Gasteiger partial charge in [0.1, 0.15) is 23.6 Å². The number of phenolic OH excluding ortho intramolecular Hbond substituents is 1. The van der Waals surface area contributed by atoms with Gasteiger partial charge < -0.3 is 15.2 Å². The minimum Gasteiger partial charge on any atom is -0.508 e. The van der Waals surface area contributed by atoms with Crippen molar-refractivity contribution in [1.82, 2.24) is 4.90 Å². The zero-order chi connectivity index (χ0) is 19.1. The van der Waals surface area contributed by atoms with Crippen LogP contribution >= 0.6 is 0 Å². The highest BCUT2D eigenvalue weighted by atomic mass is 16.5. The number of imide groups is 1. The Morgan fingerprint density at radius 3 is 2.42 bits per heavy atom. The van der Waals surface area contributed by atoms with E-state index in [1.54, 1.807) is 31.2 Å². The number of amides is 2. The molecule has 0 spiro atoms. The fourth-order valence-corrected chi connectivity index (χ4v) is 4.63. The first-order valence-electron chi connectivity index (χ1n) is 8.99. The molecule has 2 amide bonds. The second kappa shape index (κ2) is 6.72. The van der Waals surface area contributed by atoms with E-state index in [2.05, 4.69) is 0 Å². The van der Waals surface area contributed by atoms with Crippen LogP contribution in [0.15, 0.2) is 24.3 Å². The largest absolute Gasteiger partial charge is 0.508 e. The molecule has 7 nitrogen and oxygen atoms in total. The Morgan fingerprint density at radius 2 is 1.88 bits per heavy atom. The summed E-state index contributed by atoms with van der Waals surface area (Å²) < 4.78 is 5.06. The third-order valence-electron chi connectivity index (χ3n) is 5.68. The summed E-state index contributed by atoms with van der Waals surface area (Å²) in [5.41, 5.74) is -0.299. The first kappa shape index (κ1) is 18.4. The molecule has 26 heavy (non-hydrogen) atoms. The summed E-state index contributed by atoms with van der Waals surface area (Å²) in [6.07, 6.45) is 1.14. The summed E-state index contributed by atoms with van der Waals surface area (Å²) in [5.74, 6) is -2.22. The number of quaternary nitrogens is 1. The zero-order valence-electron chi connectivity index (χ0n) is 15.3. The smallest absolute Gasteiger partial charge is 0.368 e. The van der Waals surface area contributed by atoms with Crippen molar-refractivity contribution in [2.24, 2.45) is 11.8 Å². The standard InChI is InChI=1S/C19H24N2O5/c1-4-10-19(18(25)26-3)14-13(16(23)21(5-2)17(14)24)15(20-19)11-6-8-12(22)9-7-11/h6-9,13-15,20,22H,4-5,10H2,1-3H3/p+1/t13-,14+,15-,19-/m0/s1. The number of phenols is 1. The summed E-state index contributed by atoms with van der Waals surface area (Å²) in [6, 6.07) is 6.20. The molecule has 2 heterocycles. The van der Waals surface area contributed by atoms with Crippen LogP contribution in [0.1, 0.15) is 38.3 Å². The van der Waals surface area contributed by atoms with Crippen molar-refractivity contribution >= 4 is 17.8 Å². The summed E-state index contributed by atoms with van der Waals surface area (Å²) in [7, 11) is 1.31. The maximum absolute atomic E-state index is 13.0. The molecule has 0 radical (unpaired) electrons. The number of ether oxygens (including phenoxy) is 1. The van der Waals surface area contributed by atoms with E-state index in [9.17, 15) is 19.5 Å². The zero-order valence-corrected chi connectivity index (χ0v) is 15.3. The fraction of sp³-hybridized carbons (Fsp3) is 0.526. The van der Waals surface area contributed by atoms with Crippen LogP contribution in [0.5, 0.6) is 5.75 Å². The van der Waals surface area contributed by atoms with Crippen LogP contribution in [0.25, 0.3) is 0 Å². The van der Waals surface area contributed by atoms with Gasteiger partial charge in [0, 0.05) is 18.5 Å². The van der Waals surface area contributed by atoms with Gasteiger partial charge in [-0.2, -0.15) is 0 Å². The number of hydrogen-bond donors (Lipinski definition) is 2.